The number of para-hydroxylation sites is 2. The molecular weight excluding hydrogens is 374 g/mol. The van der Waals surface area contributed by atoms with Crippen molar-refractivity contribution in [1.29, 1.82) is 0 Å². The van der Waals surface area contributed by atoms with E-state index in [2.05, 4.69) is 20.6 Å². The van der Waals surface area contributed by atoms with Crippen molar-refractivity contribution in [3.05, 3.63) is 90.3 Å². The highest BCUT2D eigenvalue weighted by molar-refractivity contribution is 5.97. The summed E-state index contributed by atoms with van der Waals surface area (Å²) in [7, 11) is 3.99. The molecule has 0 fully saturated rings. The van der Waals surface area contributed by atoms with E-state index < -0.39 is 0 Å². The maximum Gasteiger partial charge on any atom is 0.289 e. The number of amides is 1. The lowest BCUT2D eigenvalue weighted by Crippen LogP contribution is -2.25. The van der Waals surface area contributed by atoms with Crippen LogP contribution in [0.4, 0.5) is 17.2 Å². The summed E-state index contributed by atoms with van der Waals surface area (Å²) in [6.07, 6.45) is 0. The van der Waals surface area contributed by atoms with Gasteiger partial charge in [-0.15, -0.1) is 0 Å². The summed E-state index contributed by atoms with van der Waals surface area (Å²) < 4.78 is 0. The third-order valence-corrected chi connectivity index (χ3v) is 4.75. The van der Waals surface area contributed by atoms with Crippen LogP contribution in [0, 0.1) is 0 Å². The minimum Gasteiger partial charge on any atom is -0.378 e. The Kier molecular flexibility index (Phi) is 5.57. The normalized spacial score (nSPS) is 10.6. The Balaban J connectivity index is 1.56. The third-order valence-electron chi connectivity index (χ3n) is 4.75. The van der Waals surface area contributed by atoms with Gasteiger partial charge in [0.15, 0.2) is 0 Å². The van der Waals surface area contributed by atoms with Crippen LogP contribution in [-0.2, 0) is 6.54 Å². The average molecular weight is 397 g/mol. The lowest BCUT2D eigenvalue weighted by atomic mass is 10.2. The topological polar surface area (TPSA) is 70.2 Å². The van der Waals surface area contributed by atoms with Crippen molar-refractivity contribution in [3.8, 4) is 0 Å². The van der Waals surface area contributed by atoms with Gasteiger partial charge in [-0.25, -0.2) is 9.97 Å². The highest BCUT2D eigenvalue weighted by atomic mass is 16.2. The Bertz CT molecular complexity index is 1160. The van der Waals surface area contributed by atoms with E-state index in [1.54, 1.807) is 0 Å². The van der Waals surface area contributed by atoms with Crippen molar-refractivity contribution >= 4 is 34.0 Å². The number of benzene rings is 3. The van der Waals surface area contributed by atoms with Gasteiger partial charge in [0, 0.05) is 37.4 Å². The van der Waals surface area contributed by atoms with Crippen LogP contribution in [0.15, 0.2) is 78.9 Å². The SMILES string of the molecule is CN(C)c1ccc(CNC(=O)c2nc(Nc3ccccc3)c3ccccc3n2)cc1. The van der Waals surface area contributed by atoms with Gasteiger partial charge in [-0.05, 0) is 42.0 Å². The second-order valence-electron chi connectivity index (χ2n) is 7.15. The number of nitrogens with one attached hydrogen (secondary N) is 2. The summed E-state index contributed by atoms with van der Waals surface area (Å²) in [5.41, 5.74) is 3.73. The molecule has 2 N–H and O–H groups in total. The van der Waals surface area contributed by atoms with Gasteiger partial charge < -0.3 is 15.5 Å². The number of hydrogen-bond acceptors (Lipinski definition) is 5. The lowest BCUT2D eigenvalue weighted by molar-refractivity contribution is 0.0941. The Morgan fingerprint density at radius 1 is 0.867 bits per heavy atom. The number of carbonyl (C=O) groups excluding carboxylic acids is 1. The first kappa shape index (κ1) is 19.4. The number of hydrogen-bond donors (Lipinski definition) is 2. The average Bonchev–Trinajstić information content (AvgIpc) is 2.78. The zero-order valence-electron chi connectivity index (χ0n) is 17.0. The van der Waals surface area contributed by atoms with E-state index in [-0.39, 0.29) is 11.7 Å². The van der Waals surface area contributed by atoms with Crippen molar-refractivity contribution in [2.24, 2.45) is 0 Å². The van der Waals surface area contributed by atoms with Crippen LogP contribution in [0.1, 0.15) is 16.2 Å². The fourth-order valence-corrected chi connectivity index (χ4v) is 3.10. The standard InChI is InChI=1S/C24H23N5O/c1-29(2)19-14-12-17(13-15-19)16-25-24(30)23-27-21-11-7-6-10-20(21)22(28-23)26-18-8-4-3-5-9-18/h3-15H,16H2,1-2H3,(H,25,30)(H,26,27,28). The van der Waals surface area contributed by atoms with Crippen LogP contribution < -0.4 is 15.5 Å². The van der Waals surface area contributed by atoms with Crippen molar-refractivity contribution in [2.45, 2.75) is 6.54 Å². The lowest BCUT2D eigenvalue weighted by Gasteiger charge is -2.13. The van der Waals surface area contributed by atoms with E-state index in [4.69, 9.17) is 0 Å². The van der Waals surface area contributed by atoms with Gasteiger partial charge >= 0.3 is 0 Å². The second-order valence-corrected chi connectivity index (χ2v) is 7.15. The first-order valence-corrected chi connectivity index (χ1v) is 9.73. The number of carbonyl (C=O) groups is 1. The fraction of sp³-hybridized carbons (Fsp3) is 0.125. The summed E-state index contributed by atoms with van der Waals surface area (Å²) >= 11 is 0. The molecule has 3 aromatic carbocycles. The van der Waals surface area contributed by atoms with E-state index in [9.17, 15) is 4.79 Å². The predicted octanol–water partition coefficient (Wildman–Crippen LogP) is 4.37. The van der Waals surface area contributed by atoms with Crippen LogP contribution >= 0.6 is 0 Å². The molecule has 0 aliphatic carbocycles. The molecule has 0 saturated carbocycles. The highest BCUT2D eigenvalue weighted by Crippen LogP contribution is 2.23. The number of nitrogens with zero attached hydrogens (tertiary/aromatic N) is 3. The molecule has 0 bridgehead atoms. The molecule has 0 atom stereocenters. The van der Waals surface area contributed by atoms with Gasteiger partial charge in [-0.3, -0.25) is 4.79 Å². The van der Waals surface area contributed by atoms with Gasteiger partial charge in [0.25, 0.3) is 5.91 Å². The maximum atomic E-state index is 12.8. The van der Waals surface area contributed by atoms with E-state index >= 15 is 0 Å². The van der Waals surface area contributed by atoms with Gasteiger partial charge in [-0.1, -0.05) is 42.5 Å². The summed E-state index contributed by atoms with van der Waals surface area (Å²) in [4.78, 5) is 23.8. The summed E-state index contributed by atoms with van der Waals surface area (Å²) in [6.45, 7) is 0.407. The van der Waals surface area contributed by atoms with Gasteiger partial charge in [0.1, 0.15) is 5.82 Å². The van der Waals surface area contributed by atoms with E-state index in [0.717, 1.165) is 22.3 Å². The van der Waals surface area contributed by atoms with E-state index in [1.165, 1.54) is 0 Å². The number of anilines is 3. The second kappa shape index (κ2) is 8.61. The molecule has 4 rings (SSSR count). The number of aromatic nitrogens is 2. The molecule has 1 aromatic heterocycles. The summed E-state index contributed by atoms with van der Waals surface area (Å²) in [5, 5.41) is 7.07. The molecular formula is C24H23N5O. The van der Waals surface area contributed by atoms with Crippen LogP contribution in [-0.4, -0.2) is 30.0 Å². The van der Waals surface area contributed by atoms with E-state index in [1.807, 2.05) is 97.9 Å². The minimum atomic E-state index is -0.312. The first-order chi connectivity index (χ1) is 14.6. The smallest absolute Gasteiger partial charge is 0.289 e. The van der Waals surface area contributed by atoms with E-state index in [0.29, 0.717) is 17.9 Å². The quantitative estimate of drug-likeness (QED) is 0.506. The molecule has 0 spiro atoms. The molecule has 30 heavy (non-hydrogen) atoms. The molecule has 0 saturated heterocycles. The van der Waals surface area contributed by atoms with Crippen LogP contribution in [0.25, 0.3) is 10.9 Å². The number of rotatable bonds is 6. The first-order valence-electron chi connectivity index (χ1n) is 9.73. The highest BCUT2D eigenvalue weighted by Gasteiger charge is 2.14. The summed E-state index contributed by atoms with van der Waals surface area (Å²) in [5.74, 6) is 0.429. The Morgan fingerprint density at radius 2 is 1.57 bits per heavy atom. The van der Waals surface area contributed by atoms with Gasteiger partial charge in [-0.2, -0.15) is 0 Å². The molecule has 0 aliphatic heterocycles. The molecule has 0 radical (unpaired) electrons. The number of fused-ring (bicyclic) bond motifs is 1. The van der Waals surface area contributed by atoms with Crippen LogP contribution in [0.5, 0.6) is 0 Å². The molecule has 6 heteroatoms. The summed E-state index contributed by atoms with van der Waals surface area (Å²) in [6, 6.07) is 25.4. The Labute approximate surface area is 175 Å². The van der Waals surface area contributed by atoms with Crippen molar-refractivity contribution < 1.29 is 4.79 Å². The van der Waals surface area contributed by atoms with Crippen molar-refractivity contribution in [3.63, 3.8) is 0 Å². The molecule has 0 aliphatic rings. The Morgan fingerprint density at radius 3 is 2.30 bits per heavy atom. The molecule has 150 valence electrons. The van der Waals surface area contributed by atoms with Gasteiger partial charge in [0.2, 0.25) is 5.82 Å². The zero-order chi connectivity index (χ0) is 20.9. The fourth-order valence-electron chi connectivity index (χ4n) is 3.10. The predicted molar refractivity (Wildman–Crippen MR) is 121 cm³/mol. The minimum absolute atomic E-state index is 0.136. The molecule has 1 amide bonds. The Hall–Kier alpha value is -3.93. The monoisotopic (exact) mass is 397 g/mol. The molecule has 0 unspecified atom stereocenters. The molecule has 4 aromatic rings. The maximum absolute atomic E-state index is 12.8. The molecule has 6 nitrogen and oxygen atoms in total. The molecule has 1 heterocycles. The zero-order valence-corrected chi connectivity index (χ0v) is 17.0. The van der Waals surface area contributed by atoms with Crippen LogP contribution in [0.3, 0.4) is 0 Å². The van der Waals surface area contributed by atoms with Crippen LogP contribution in [0.2, 0.25) is 0 Å². The van der Waals surface area contributed by atoms with Gasteiger partial charge in [0.05, 0.1) is 5.52 Å². The largest absolute Gasteiger partial charge is 0.378 e. The third kappa shape index (κ3) is 4.38. The van der Waals surface area contributed by atoms with Crippen molar-refractivity contribution in [1.82, 2.24) is 15.3 Å². The van der Waals surface area contributed by atoms with Crippen molar-refractivity contribution in [2.75, 3.05) is 24.3 Å².